The number of rotatable bonds is 19. The molecular weight excluding hydrogens is 1370 g/mol. The van der Waals surface area contributed by atoms with E-state index in [0.29, 0.717) is 14.3 Å². The van der Waals surface area contributed by atoms with Gasteiger partial charge >= 0.3 is 0 Å². The largest absolute Gasteiger partial charge is 0.394 e. The zero-order valence-electron chi connectivity index (χ0n) is 26.4. The standard InChI is InChI=1S/C28H34I6N6O12/c29-17-13(25(49)35-1-9(45)5-41)19(31)23(20(32)14(17)26(50)36-2-10(46)6-42)39-40-24-21(33)15(27(51)37-3-11(47)7-43)18(30)16(22(24)34)28(52)38-4-12(48)8-44/h9-12,39-48H,1-8H2,(H,35,49)(H,36,50)(H,37,51)(H,38,52). The van der Waals surface area contributed by atoms with Crippen LogP contribution in [0, 0.1) is 21.4 Å². The van der Waals surface area contributed by atoms with Gasteiger partial charge in [0.2, 0.25) is 0 Å². The summed E-state index contributed by atoms with van der Waals surface area (Å²) in [5.41, 5.74) is 6.43. The Balaban J connectivity index is 2.78. The summed E-state index contributed by atoms with van der Waals surface area (Å²) >= 11 is 11.2. The van der Waals surface area contributed by atoms with E-state index < -0.39 is 74.5 Å². The number of anilines is 2. The third-order valence-electron chi connectivity index (χ3n) is 6.69. The van der Waals surface area contributed by atoms with Gasteiger partial charge in [-0.05, 0) is 136 Å². The topological polar surface area (TPSA) is 302 Å². The molecule has 290 valence electrons. The predicted molar refractivity (Wildman–Crippen MR) is 238 cm³/mol. The Hall–Kier alpha value is -0.0200. The second kappa shape index (κ2) is 23.3. The fourth-order valence-corrected chi connectivity index (χ4v) is 12.8. The zero-order chi connectivity index (χ0) is 39.4. The van der Waals surface area contributed by atoms with Gasteiger partial charge in [-0.1, -0.05) is 0 Å². The van der Waals surface area contributed by atoms with Crippen molar-refractivity contribution >= 4 is 171 Å². The van der Waals surface area contributed by atoms with Gasteiger partial charge in [-0.2, -0.15) is 0 Å². The lowest BCUT2D eigenvalue weighted by Gasteiger charge is -2.24. The Kier molecular flexibility index (Phi) is 21.5. The summed E-state index contributed by atoms with van der Waals surface area (Å²) in [6.07, 6.45) is -5.03. The van der Waals surface area contributed by atoms with Gasteiger partial charge in [0.1, 0.15) is 0 Å². The lowest BCUT2D eigenvalue weighted by atomic mass is 10.1. The molecule has 0 aliphatic carbocycles. The average molecular weight is 1410 g/mol. The smallest absolute Gasteiger partial charge is 0.253 e. The normalized spacial score (nSPS) is 13.4. The Bertz CT molecular complexity index is 1420. The van der Waals surface area contributed by atoms with Crippen LogP contribution in [0.1, 0.15) is 41.4 Å². The van der Waals surface area contributed by atoms with E-state index in [1.807, 2.05) is 136 Å². The van der Waals surface area contributed by atoms with Crippen LogP contribution in [0.25, 0.3) is 0 Å². The van der Waals surface area contributed by atoms with E-state index in [0.717, 1.165) is 0 Å². The van der Waals surface area contributed by atoms with E-state index in [-0.39, 0.29) is 66.9 Å². The number of amides is 4. The quantitative estimate of drug-likeness (QED) is 0.0599. The molecular formula is C28H34I6N6O12. The van der Waals surface area contributed by atoms with Crippen LogP contribution in [0.3, 0.4) is 0 Å². The maximum Gasteiger partial charge on any atom is 0.253 e. The monoisotopic (exact) mass is 1410 g/mol. The lowest BCUT2D eigenvalue weighted by Crippen LogP contribution is -2.37. The van der Waals surface area contributed by atoms with Crippen molar-refractivity contribution < 1.29 is 60.0 Å². The zero-order valence-corrected chi connectivity index (χ0v) is 39.4. The lowest BCUT2D eigenvalue weighted by molar-refractivity contribution is 0.0792. The first-order chi connectivity index (χ1) is 24.5. The fourth-order valence-electron chi connectivity index (χ4n) is 3.92. The number of benzene rings is 2. The van der Waals surface area contributed by atoms with Crippen LogP contribution in [0.4, 0.5) is 11.4 Å². The molecule has 18 nitrogen and oxygen atoms in total. The number of halogens is 6. The van der Waals surface area contributed by atoms with E-state index in [2.05, 4.69) is 32.1 Å². The van der Waals surface area contributed by atoms with Crippen LogP contribution >= 0.6 is 136 Å². The minimum Gasteiger partial charge on any atom is -0.394 e. The van der Waals surface area contributed by atoms with Crippen molar-refractivity contribution in [3.8, 4) is 0 Å². The first-order valence-corrected chi connectivity index (χ1v) is 21.2. The number of carbonyl (C=O) groups is 4. The second-order valence-corrected chi connectivity index (χ2v) is 17.0. The molecule has 0 fully saturated rings. The van der Waals surface area contributed by atoms with Gasteiger partial charge in [0.25, 0.3) is 23.6 Å². The van der Waals surface area contributed by atoms with Gasteiger partial charge in [-0.25, -0.2) is 0 Å². The highest BCUT2D eigenvalue weighted by molar-refractivity contribution is 14.1. The molecule has 0 aromatic heterocycles. The molecule has 2 aromatic rings. The average Bonchev–Trinajstić information content (AvgIpc) is 3.11. The summed E-state index contributed by atoms with van der Waals surface area (Å²) in [7, 11) is 0. The van der Waals surface area contributed by atoms with Crippen molar-refractivity contribution in [2.24, 2.45) is 0 Å². The molecule has 4 atom stereocenters. The van der Waals surface area contributed by atoms with E-state index >= 15 is 0 Å². The summed E-state index contributed by atoms with van der Waals surface area (Å²) in [5.74, 6) is -2.79. The summed E-state index contributed by atoms with van der Waals surface area (Å²) in [6, 6.07) is 0. The maximum absolute atomic E-state index is 13.5. The van der Waals surface area contributed by atoms with Crippen molar-refractivity contribution in [2.45, 2.75) is 24.4 Å². The molecule has 24 heteroatoms. The highest BCUT2D eigenvalue weighted by Crippen LogP contribution is 2.39. The molecule has 0 saturated heterocycles. The third-order valence-corrected chi connectivity index (χ3v) is 13.2. The van der Waals surface area contributed by atoms with Crippen molar-refractivity contribution in [1.82, 2.24) is 21.3 Å². The molecule has 4 amide bonds. The highest BCUT2D eigenvalue weighted by atomic mass is 127. The van der Waals surface area contributed by atoms with Crippen LogP contribution in [-0.4, -0.2) is 142 Å². The summed E-state index contributed by atoms with van der Waals surface area (Å²) in [6.45, 7) is -3.69. The predicted octanol–water partition coefficient (Wildman–Crippen LogP) is -0.915. The molecule has 0 aliphatic heterocycles. The molecule has 0 radical (unpaired) electrons. The molecule has 14 N–H and O–H groups in total. The van der Waals surface area contributed by atoms with Crippen LogP contribution in [0.5, 0.6) is 0 Å². The van der Waals surface area contributed by atoms with Gasteiger partial charge in [0.05, 0.1) is 98.8 Å². The summed E-state index contributed by atoms with van der Waals surface area (Å²) in [4.78, 5) is 53.8. The second-order valence-electron chi connectivity index (χ2n) is 10.6. The van der Waals surface area contributed by atoms with Gasteiger partial charge in [-0.3, -0.25) is 30.0 Å². The van der Waals surface area contributed by atoms with Crippen molar-refractivity contribution in [3.05, 3.63) is 43.7 Å². The molecule has 4 unspecified atom stereocenters. The van der Waals surface area contributed by atoms with Crippen molar-refractivity contribution in [2.75, 3.05) is 63.5 Å². The minimum atomic E-state index is -1.26. The van der Waals surface area contributed by atoms with Crippen molar-refractivity contribution in [1.29, 1.82) is 0 Å². The SMILES string of the molecule is O=C(NCC(O)CO)c1c(I)c(NNc2c(I)c(C(=O)NCC(O)CO)c(I)c(C(=O)NCC(O)CO)c2I)c(I)c(C(=O)NCC(O)CO)c1I. The Morgan fingerprint density at radius 2 is 0.596 bits per heavy atom. The van der Waals surface area contributed by atoms with Crippen LogP contribution < -0.4 is 32.1 Å². The molecule has 0 spiro atoms. The maximum atomic E-state index is 13.5. The Labute approximate surface area is 378 Å². The molecule has 0 bridgehead atoms. The van der Waals surface area contributed by atoms with E-state index in [1.54, 1.807) is 0 Å². The molecule has 2 rings (SSSR count). The van der Waals surface area contributed by atoms with E-state index in [1.165, 1.54) is 0 Å². The number of aliphatic hydroxyl groups is 8. The van der Waals surface area contributed by atoms with Gasteiger partial charge in [0.15, 0.2) is 0 Å². The number of hydrogen-bond donors (Lipinski definition) is 14. The number of carbonyl (C=O) groups excluding carboxylic acids is 4. The van der Waals surface area contributed by atoms with Gasteiger partial charge < -0.3 is 62.1 Å². The molecule has 0 heterocycles. The molecule has 52 heavy (non-hydrogen) atoms. The first kappa shape index (κ1) is 48.1. The van der Waals surface area contributed by atoms with E-state index in [4.69, 9.17) is 0 Å². The van der Waals surface area contributed by atoms with Gasteiger partial charge in [0, 0.05) is 33.3 Å². The number of nitrogens with one attached hydrogen (secondary N) is 6. The van der Waals surface area contributed by atoms with Gasteiger partial charge in [-0.15, -0.1) is 0 Å². The third kappa shape index (κ3) is 12.7. The highest BCUT2D eigenvalue weighted by Gasteiger charge is 2.31. The number of hydrogen-bond acceptors (Lipinski definition) is 14. The van der Waals surface area contributed by atoms with Crippen LogP contribution in [-0.2, 0) is 0 Å². The van der Waals surface area contributed by atoms with Crippen molar-refractivity contribution in [3.63, 3.8) is 0 Å². The minimum absolute atomic E-state index is 0.0148. The fraction of sp³-hybridized carbons (Fsp3) is 0.429. The molecule has 2 aromatic carbocycles. The summed E-state index contributed by atoms with van der Waals surface area (Å²) < 4.78 is 1.59. The molecule has 0 aliphatic rings. The molecule has 0 saturated carbocycles. The van der Waals surface area contributed by atoms with E-state index in [9.17, 15) is 60.0 Å². The number of hydrazine groups is 1. The Morgan fingerprint density at radius 3 is 0.769 bits per heavy atom. The van der Waals surface area contributed by atoms with Crippen LogP contribution in [0.2, 0.25) is 0 Å². The van der Waals surface area contributed by atoms with Crippen LogP contribution in [0.15, 0.2) is 0 Å². The summed E-state index contributed by atoms with van der Waals surface area (Å²) in [5, 5.41) is 86.2. The first-order valence-electron chi connectivity index (χ1n) is 14.7. The number of aliphatic hydroxyl groups excluding tert-OH is 8. The Morgan fingerprint density at radius 1 is 0.404 bits per heavy atom.